The largest absolute Gasteiger partial charge is 0.0828 e. The molecule has 0 heteroatoms. The van der Waals surface area contributed by atoms with Crippen LogP contribution in [-0.4, -0.2) is 0 Å². The van der Waals surface area contributed by atoms with E-state index >= 15 is 0 Å². The molecule has 14 heavy (non-hydrogen) atoms. The Kier molecular flexibility index (Phi) is 7.93. The molecule has 0 fully saturated rings. The molecule has 2 unspecified atom stereocenters. The number of allylic oxidation sites excluding steroid dienone is 2. The molecule has 0 amide bonds. The van der Waals surface area contributed by atoms with E-state index < -0.39 is 0 Å². The second-order valence-electron chi connectivity index (χ2n) is 4.79. The Bertz CT molecular complexity index is 155. The van der Waals surface area contributed by atoms with Gasteiger partial charge in [0.2, 0.25) is 0 Å². The summed E-state index contributed by atoms with van der Waals surface area (Å²) in [6.45, 7) is 11.5. The first-order valence-corrected chi connectivity index (χ1v) is 6.27. The standard InChI is InChI=1S/C14H28/c1-6-12(3)9-8-10-14(5)11-13(4)7-2/h11-12,14H,6-10H2,1-5H3. The Hall–Kier alpha value is -0.260. The van der Waals surface area contributed by atoms with Crippen molar-refractivity contribution < 1.29 is 0 Å². The third-order valence-electron chi connectivity index (χ3n) is 3.18. The van der Waals surface area contributed by atoms with Crippen LogP contribution in [0.2, 0.25) is 0 Å². The molecule has 0 radical (unpaired) electrons. The average molecular weight is 196 g/mol. The highest BCUT2D eigenvalue weighted by Crippen LogP contribution is 2.17. The van der Waals surface area contributed by atoms with Gasteiger partial charge < -0.3 is 0 Å². The number of hydrogen-bond acceptors (Lipinski definition) is 0. The second-order valence-corrected chi connectivity index (χ2v) is 4.79. The lowest BCUT2D eigenvalue weighted by molar-refractivity contribution is 0.462. The van der Waals surface area contributed by atoms with Crippen LogP contribution in [0, 0.1) is 11.8 Å². The molecule has 0 nitrogen and oxygen atoms in total. The highest BCUT2D eigenvalue weighted by Gasteiger charge is 2.02. The summed E-state index contributed by atoms with van der Waals surface area (Å²) in [5, 5.41) is 0. The second kappa shape index (κ2) is 8.08. The van der Waals surface area contributed by atoms with Crippen molar-refractivity contribution in [1.82, 2.24) is 0 Å². The highest BCUT2D eigenvalue weighted by atomic mass is 14.1. The van der Waals surface area contributed by atoms with Crippen LogP contribution in [0.5, 0.6) is 0 Å². The predicted octanol–water partition coefficient (Wildman–Crippen LogP) is 5.20. The average Bonchev–Trinajstić information content (AvgIpc) is 2.17. The monoisotopic (exact) mass is 196 g/mol. The quantitative estimate of drug-likeness (QED) is 0.491. The van der Waals surface area contributed by atoms with Gasteiger partial charge in [-0.2, -0.15) is 0 Å². The molecule has 0 aliphatic carbocycles. The van der Waals surface area contributed by atoms with Gasteiger partial charge in [0.1, 0.15) is 0 Å². The van der Waals surface area contributed by atoms with Crippen molar-refractivity contribution in [3.63, 3.8) is 0 Å². The van der Waals surface area contributed by atoms with Gasteiger partial charge in [-0.25, -0.2) is 0 Å². The predicted molar refractivity (Wildman–Crippen MR) is 66.5 cm³/mol. The molecule has 0 aromatic carbocycles. The van der Waals surface area contributed by atoms with E-state index in [4.69, 9.17) is 0 Å². The Balaban J connectivity index is 3.59. The smallest absolute Gasteiger partial charge is 0.0259 e. The van der Waals surface area contributed by atoms with Crippen LogP contribution in [0.15, 0.2) is 11.6 Å². The van der Waals surface area contributed by atoms with Crippen LogP contribution >= 0.6 is 0 Å². The van der Waals surface area contributed by atoms with Crippen LogP contribution in [0.4, 0.5) is 0 Å². The van der Waals surface area contributed by atoms with Gasteiger partial charge in [-0.05, 0) is 31.6 Å². The summed E-state index contributed by atoms with van der Waals surface area (Å²) in [7, 11) is 0. The van der Waals surface area contributed by atoms with E-state index in [0.29, 0.717) is 0 Å². The van der Waals surface area contributed by atoms with Crippen LogP contribution in [0.3, 0.4) is 0 Å². The molecule has 0 saturated carbocycles. The summed E-state index contributed by atoms with van der Waals surface area (Å²) in [6.07, 6.45) is 9.13. The molecule has 0 spiro atoms. The van der Waals surface area contributed by atoms with E-state index in [2.05, 4.69) is 40.7 Å². The van der Waals surface area contributed by atoms with Crippen LogP contribution < -0.4 is 0 Å². The van der Waals surface area contributed by atoms with Crippen LogP contribution in [-0.2, 0) is 0 Å². The first-order valence-electron chi connectivity index (χ1n) is 6.27. The van der Waals surface area contributed by atoms with Gasteiger partial charge in [0.15, 0.2) is 0 Å². The zero-order chi connectivity index (χ0) is 11.0. The normalized spacial score (nSPS) is 16.8. The summed E-state index contributed by atoms with van der Waals surface area (Å²) < 4.78 is 0. The van der Waals surface area contributed by atoms with E-state index in [0.717, 1.165) is 11.8 Å². The van der Waals surface area contributed by atoms with E-state index in [9.17, 15) is 0 Å². The molecule has 0 bridgehead atoms. The number of rotatable bonds is 7. The molecule has 0 saturated heterocycles. The maximum absolute atomic E-state index is 2.44. The SMILES string of the molecule is CCC(C)=CC(C)CCCC(C)CC. The first-order chi connectivity index (χ1) is 6.60. The zero-order valence-corrected chi connectivity index (χ0v) is 10.8. The van der Waals surface area contributed by atoms with E-state index in [-0.39, 0.29) is 0 Å². The van der Waals surface area contributed by atoms with Crippen molar-refractivity contribution >= 4 is 0 Å². The molecule has 0 heterocycles. The van der Waals surface area contributed by atoms with Crippen molar-refractivity contribution in [2.75, 3.05) is 0 Å². The topological polar surface area (TPSA) is 0 Å². The fourth-order valence-corrected chi connectivity index (χ4v) is 1.68. The fourth-order valence-electron chi connectivity index (χ4n) is 1.68. The lowest BCUT2D eigenvalue weighted by Gasteiger charge is -2.11. The number of hydrogen-bond donors (Lipinski definition) is 0. The molecule has 0 aliphatic heterocycles. The van der Waals surface area contributed by atoms with Crippen molar-refractivity contribution in [3.05, 3.63) is 11.6 Å². The molecule has 0 aromatic heterocycles. The minimum absolute atomic E-state index is 0.777. The van der Waals surface area contributed by atoms with Gasteiger partial charge in [0, 0.05) is 0 Å². The first kappa shape index (κ1) is 13.7. The highest BCUT2D eigenvalue weighted by molar-refractivity contribution is 4.99. The van der Waals surface area contributed by atoms with E-state index in [1.807, 2.05) is 0 Å². The molecule has 0 aromatic rings. The Morgan fingerprint density at radius 1 is 1.14 bits per heavy atom. The van der Waals surface area contributed by atoms with Gasteiger partial charge in [-0.15, -0.1) is 0 Å². The van der Waals surface area contributed by atoms with Gasteiger partial charge in [-0.1, -0.05) is 58.6 Å². The molecule has 0 rings (SSSR count). The lowest BCUT2D eigenvalue weighted by atomic mass is 9.96. The van der Waals surface area contributed by atoms with Gasteiger partial charge in [-0.3, -0.25) is 0 Å². The Morgan fingerprint density at radius 3 is 2.29 bits per heavy atom. The van der Waals surface area contributed by atoms with Gasteiger partial charge >= 0.3 is 0 Å². The van der Waals surface area contributed by atoms with Crippen LogP contribution in [0.25, 0.3) is 0 Å². The van der Waals surface area contributed by atoms with Crippen LogP contribution in [0.1, 0.15) is 66.7 Å². The van der Waals surface area contributed by atoms with Crippen molar-refractivity contribution in [2.45, 2.75) is 66.7 Å². The molecule has 0 aliphatic rings. The van der Waals surface area contributed by atoms with E-state index in [1.54, 1.807) is 5.57 Å². The summed E-state index contributed by atoms with van der Waals surface area (Å²) in [6, 6.07) is 0. The molecule has 2 atom stereocenters. The van der Waals surface area contributed by atoms with E-state index in [1.165, 1.54) is 32.1 Å². The third-order valence-corrected chi connectivity index (χ3v) is 3.18. The van der Waals surface area contributed by atoms with Gasteiger partial charge in [0.05, 0.1) is 0 Å². The molecular weight excluding hydrogens is 168 g/mol. The maximum Gasteiger partial charge on any atom is -0.0259 e. The minimum atomic E-state index is 0.777. The molecule has 84 valence electrons. The molecule has 0 N–H and O–H groups in total. The fraction of sp³-hybridized carbons (Fsp3) is 0.857. The Morgan fingerprint density at radius 2 is 1.79 bits per heavy atom. The summed E-state index contributed by atoms with van der Waals surface area (Å²) in [5.41, 5.74) is 1.54. The van der Waals surface area contributed by atoms with Crippen molar-refractivity contribution in [2.24, 2.45) is 11.8 Å². The Labute approximate surface area is 90.8 Å². The van der Waals surface area contributed by atoms with Gasteiger partial charge in [0.25, 0.3) is 0 Å². The maximum atomic E-state index is 2.44. The van der Waals surface area contributed by atoms with Crippen molar-refractivity contribution in [1.29, 1.82) is 0 Å². The molecular formula is C14H28. The summed E-state index contributed by atoms with van der Waals surface area (Å²) >= 11 is 0. The zero-order valence-electron chi connectivity index (χ0n) is 10.8. The lowest BCUT2D eigenvalue weighted by Crippen LogP contribution is -1.96. The third kappa shape index (κ3) is 7.17. The summed E-state index contributed by atoms with van der Waals surface area (Å²) in [4.78, 5) is 0. The summed E-state index contributed by atoms with van der Waals surface area (Å²) in [5.74, 6) is 1.69. The van der Waals surface area contributed by atoms with Crippen molar-refractivity contribution in [3.8, 4) is 0 Å². The minimum Gasteiger partial charge on any atom is -0.0828 e.